The van der Waals surface area contributed by atoms with Gasteiger partial charge in [-0.05, 0) is 62.4 Å². The highest BCUT2D eigenvalue weighted by Gasteiger charge is 2.19. The number of allylic oxidation sites excluding steroid dienone is 1. The van der Waals surface area contributed by atoms with E-state index in [0.717, 1.165) is 22.5 Å². The lowest BCUT2D eigenvalue weighted by Crippen LogP contribution is -2.24. The van der Waals surface area contributed by atoms with E-state index in [1.54, 1.807) is 0 Å². The molecule has 1 atom stereocenters. The quantitative estimate of drug-likeness (QED) is 0.589. The number of halogens is 2. The van der Waals surface area contributed by atoms with Gasteiger partial charge in [-0.1, -0.05) is 58.9 Å². The highest BCUT2D eigenvalue weighted by molar-refractivity contribution is 9.10. The lowest BCUT2D eigenvalue weighted by molar-refractivity contribution is 0.540. The molecule has 0 heterocycles. The van der Waals surface area contributed by atoms with Gasteiger partial charge in [0.15, 0.2) is 0 Å². The summed E-state index contributed by atoms with van der Waals surface area (Å²) in [5.74, 6) is 0. The van der Waals surface area contributed by atoms with Crippen LogP contribution in [-0.4, -0.2) is 6.54 Å². The predicted molar refractivity (Wildman–Crippen MR) is 96.0 cm³/mol. The zero-order chi connectivity index (χ0) is 15.1. The van der Waals surface area contributed by atoms with Crippen LogP contribution in [0.15, 0.2) is 34.3 Å². The number of benzene rings is 1. The van der Waals surface area contributed by atoms with Crippen LogP contribution >= 0.6 is 27.5 Å². The van der Waals surface area contributed by atoms with Gasteiger partial charge < -0.3 is 5.32 Å². The van der Waals surface area contributed by atoms with Gasteiger partial charge in [-0.3, -0.25) is 0 Å². The molecule has 0 spiro atoms. The zero-order valence-electron chi connectivity index (χ0n) is 12.8. The van der Waals surface area contributed by atoms with Crippen molar-refractivity contribution in [3.05, 3.63) is 44.9 Å². The van der Waals surface area contributed by atoms with Gasteiger partial charge in [-0.15, -0.1) is 0 Å². The Morgan fingerprint density at radius 3 is 2.86 bits per heavy atom. The molecule has 1 nitrogen and oxygen atoms in total. The molecule has 116 valence electrons. The molecule has 2 rings (SSSR count). The molecule has 0 aromatic heterocycles. The van der Waals surface area contributed by atoms with Gasteiger partial charge in [0.2, 0.25) is 0 Å². The van der Waals surface area contributed by atoms with E-state index in [2.05, 4.69) is 40.3 Å². The second kappa shape index (κ2) is 8.97. The predicted octanol–water partition coefficient (Wildman–Crippen LogP) is 6.42. The average molecular weight is 371 g/mol. The van der Waals surface area contributed by atoms with E-state index in [-0.39, 0.29) is 6.04 Å². The molecule has 0 bridgehead atoms. The van der Waals surface area contributed by atoms with Crippen molar-refractivity contribution in [3.63, 3.8) is 0 Å². The largest absolute Gasteiger partial charge is 0.306 e. The van der Waals surface area contributed by atoms with Crippen molar-refractivity contribution in [2.75, 3.05) is 6.54 Å². The van der Waals surface area contributed by atoms with Gasteiger partial charge in [-0.2, -0.15) is 0 Å². The fraction of sp³-hybridized carbons (Fsp3) is 0.556. The van der Waals surface area contributed by atoms with E-state index in [0.29, 0.717) is 0 Å². The first-order chi connectivity index (χ1) is 10.2. The third-order valence-corrected chi connectivity index (χ3v) is 4.90. The maximum absolute atomic E-state index is 6.47. The Morgan fingerprint density at radius 1 is 1.24 bits per heavy atom. The SMILES string of the molecule is CCCNC(/C1=C/CCCCCC1)c1cc(Br)ccc1Cl. The van der Waals surface area contributed by atoms with Gasteiger partial charge in [0.05, 0.1) is 6.04 Å². The van der Waals surface area contributed by atoms with Crippen molar-refractivity contribution in [1.82, 2.24) is 5.32 Å². The van der Waals surface area contributed by atoms with E-state index < -0.39 is 0 Å². The van der Waals surface area contributed by atoms with E-state index in [1.165, 1.54) is 49.7 Å². The van der Waals surface area contributed by atoms with Crippen LogP contribution in [0.3, 0.4) is 0 Å². The highest BCUT2D eigenvalue weighted by Crippen LogP contribution is 2.34. The van der Waals surface area contributed by atoms with Crippen molar-refractivity contribution in [1.29, 1.82) is 0 Å². The summed E-state index contributed by atoms with van der Waals surface area (Å²) in [6.45, 7) is 3.23. The summed E-state index contributed by atoms with van der Waals surface area (Å²) < 4.78 is 1.09. The summed E-state index contributed by atoms with van der Waals surface area (Å²) >= 11 is 10.1. The number of nitrogens with one attached hydrogen (secondary N) is 1. The van der Waals surface area contributed by atoms with Gasteiger partial charge in [0.25, 0.3) is 0 Å². The highest BCUT2D eigenvalue weighted by atomic mass is 79.9. The van der Waals surface area contributed by atoms with Crippen LogP contribution < -0.4 is 5.32 Å². The Morgan fingerprint density at radius 2 is 2.05 bits per heavy atom. The van der Waals surface area contributed by atoms with Crippen molar-refractivity contribution in [3.8, 4) is 0 Å². The molecular weight excluding hydrogens is 346 g/mol. The maximum Gasteiger partial charge on any atom is 0.0551 e. The second-order valence-electron chi connectivity index (χ2n) is 5.78. The van der Waals surface area contributed by atoms with Crippen LogP contribution in [-0.2, 0) is 0 Å². The first-order valence-electron chi connectivity index (χ1n) is 8.09. The molecule has 1 unspecified atom stereocenters. The van der Waals surface area contributed by atoms with Crippen molar-refractivity contribution >= 4 is 27.5 Å². The molecule has 1 N–H and O–H groups in total. The lowest BCUT2D eigenvalue weighted by Gasteiger charge is -2.25. The summed E-state index contributed by atoms with van der Waals surface area (Å²) in [7, 11) is 0. The fourth-order valence-corrected chi connectivity index (χ4v) is 3.55. The van der Waals surface area contributed by atoms with Crippen LogP contribution in [0.5, 0.6) is 0 Å². The molecule has 1 aliphatic carbocycles. The van der Waals surface area contributed by atoms with E-state index in [1.807, 2.05) is 12.1 Å². The number of rotatable bonds is 5. The minimum atomic E-state index is 0.257. The molecule has 0 amide bonds. The van der Waals surface area contributed by atoms with E-state index in [9.17, 15) is 0 Å². The molecule has 1 aromatic rings. The standard InChI is InChI=1S/C18H25BrClN/c1-2-12-21-18(14-8-6-4-3-5-7-9-14)16-13-15(19)10-11-17(16)20/h8,10-11,13,18,21H,2-7,9,12H2,1H3/b14-8+. The van der Waals surface area contributed by atoms with Gasteiger partial charge in [0.1, 0.15) is 0 Å². The van der Waals surface area contributed by atoms with Crippen LogP contribution in [0.2, 0.25) is 5.02 Å². The Hall–Kier alpha value is -0.310. The Bertz CT molecular complexity index is 484. The summed E-state index contributed by atoms with van der Waals surface area (Å²) in [6.07, 6.45) is 11.3. The van der Waals surface area contributed by atoms with E-state index in [4.69, 9.17) is 11.6 Å². The number of hydrogen-bond donors (Lipinski definition) is 1. The van der Waals surface area contributed by atoms with Gasteiger partial charge in [0, 0.05) is 9.50 Å². The molecule has 0 radical (unpaired) electrons. The van der Waals surface area contributed by atoms with Gasteiger partial charge >= 0.3 is 0 Å². The van der Waals surface area contributed by atoms with E-state index >= 15 is 0 Å². The second-order valence-corrected chi connectivity index (χ2v) is 7.11. The summed E-state index contributed by atoms with van der Waals surface area (Å²) in [5, 5.41) is 4.55. The van der Waals surface area contributed by atoms with Crippen molar-refractivity contribution < 1.29 is 0 Å². The first-order valence-corrected chi connectivity index (χ1v) is 9.26. The Labute approximate surface area is 142 Å². The first kappa shape index (κ1) is 17.1. The monoisotopic (exact) mass is 369 g/mol. The topological polar surface area (TPSA) is 12.0 Å². The zero-order valence-corrected chi connectivity index (χ0v) is 15.1. The molecule has 21 heavy (non-hydrogen) atoms. The molecular formula is C18H25BrClN. The van der Waals surface area contributed by atoms with Gasteiger partial charge in [-0.25, -0.2) is 0 Å². The summed E-state index contributed by atoms with van der Waals surface area (Å²) in [6, 6.07) is 6.42. The van der Waals surface area contributed by atoms with Crippen LogP contribution in [0, 0.1) is 0 Å². The summed E-state index contributed by atoms with van der Waals surface area (Å²) in [4.78, 5) is 0. The third-order valence-electron chi connectivity index (χ3n) is 4.06. The Kier molecular flexibility index (Phi) is 7.28. The minimum Gasteiger partial charge on any atom is -0.306 e. The molecule has 0 saturated carbocycles. The van der Waals surface area contributed by atoms with Crippen LogP contribution in [0.4, 0.5) is 0 Å². The molecule has 0 aliphatic heterocycles. The fourth-order valence-electron chi connectivity index (χ4n) is 2.94. The summed E-state index contributed by atoms with van der Waals surface area (Å²) in [5.41, 5.74) is 2.72. The number of hydrogen-bond acceptors (Lipinski definition) is 1. The minimum absolute atomic E-state index is 0.257. The van der Waals surface area contributed by atoms with Crippen LogP contribution in [0.25, 0.3) is 0 Å². The maximum atomic E-state index is 6.47. The van der Waals surface area contributed by atoms with Crippen molar-refractivity contribution in [2.45, 2.75) is 57.9 Å². The smallest absolute Gasteiger partial charge is 0.0551 e. The Balaban J connectivity index is 2.29. The van der Waals surface area contributed by atoms with Crippen molar-refractivity contribution in [2.24, 2.45) is 0 Å². The lowest BCUT2D eigenvalue weighted by atomic mass is 9.91. The normalized spacial score (nSPS) is 20.2. The van der Waals surface area contributed by atoms with Crippen LogP contribution in [0.1, 0.15) is 63.5 Å². The molecule has 0 fully saturated rings. The average Bonchev–Trinajstić information content (AvgIpc) is 2.44. The molecule has 1 aliphatic rings. The molecule has 1 aromatic carbocycles. The molecule has 3 heteroatoms. The molecule has 0 saturated heterocycles. The third kappa shape index (κ3) is 5.12.